The van der Waals surface area contributed by atoms with Crippen molar-refractivity contribution in [3.63, 3.8) is 0 Å². The van der Waals surface area contributed by atoms with Crippen LogP contribution < -0.4 is 5.01 Å². The summed E-state index contributed by atoms with van der Waals surface area (Å²) in [6, 6.07) is 16.1. The number of rotatable bonds is 4. The van der Waals surface area contributed by atoms with E-state index in [4.69, 9.17) is 23.2 Å². The van der Waals surface area contributed by atoms with Gasteiger partial charge in [0.05, 0.1) is 23.2 Å². The van der Waals surface area contributed by atoms with E-state index in [0.717, 1.165) is 5.56 Å². The fourth-order valence-corrected chi connectivity index (χ4v) is 3.90. The van der Waals surface area contributed by atoms with Gasteiger partial charge in [-0.2, -0.15) is 15.2 Å². The molecular formula is C21H18Cl2N4O2. The molecule has 0 bridgehead atoms. The highest BCUT2D eigenvalue weighted by Gasteiger charge is 2.43. The van der Waals surface area contributed by atoms with E-state index in [9.17, 15) is 9.59 Å². The van der Waals surface area contributed by atoms with E-state index in [1.165, 1.54) is 10.0 Å². The lowest BCUT2D eigenvalue weighted by molar-refractivity contribution is -0.130. The van der Waals surface area contributed by atoms with Crippen molar-refractivity contribution in [3.05, 3.63) is 65.2 Å². The lowest BCUT2D eigenvalue weighted by Crippen LogP contribution is -2.32. The zero-order valence-electron chi connectivity index (χ0n) is 15.6. The van der Waals surface area contributed by atoms with Gasteiger partial charge in [0.2, 0.25) is 0 Å². The number of carbonyl (C=O) groups excluding carboxylic acids is 2. The first-order valence-corrected chi connectivity index (χ1v) is 10.1. The molecule has 2 unspecified atom stereocenters. The number of hydrogen-bond donors (Lipinski definition) is 0. The average Bonchev–Trinajstić information content (AvgIpc) is 3.29. The van der Waals surface area contributed by atoms with Crippen molar-refractivity contribution in [2.75, 3.05) is 10.9 Å². The maximum Gasteiger partial charge on any atom is 0.262 e. The fourth-order valence-electron chi connectivity index (χ4n) is 3.65. The smallest absolute Gasteiger partial charge is 0.262 e. The second-order valence-electron chi connectivity index (χ2n) is 6.89. The molecule has 4 rings (SSSR count). The molecule has 0 saturated heterocycles. The Labute approximate surface area is 178 Å². The maximum atomic E-state index is 13.1. The summed E-state index contributed by atoms with van der Waals surface area (Å²) in [5.74, 6) is -1.29. The van der Waals surface area contributed by atoms with Crippen LogP contribution in [0.1, 0.15) is 24.9 Å². The molecule has 6 nitrogen and oxygen atoms in total. The third kappa shape index (κ3) is 3.66. The van der Waals surface area contributed by atoms with Crippen LogP contribution in [0.5, 0.6) is 0 Å². The molecule has 148 valence electrons. The second kappa shape index (κ2) is 7.97. The quantitative estimate of drug-likeness (QED) is 0.683. The molecule has 0 saturated carbocycles. The van der Waals surface area contributed by atoms with E-state index < -0.39 is 5.92 Å². The van der Waals surface area contributed by atoms with Crippen LogP contribution >= 0.6 is 23.2 Å². The topological polar surface area (TPSA) is 65.3 Å². The van der Waals surface area contributed by atoms with Gasteiger partial charge in [-0.3, -0.25) is 9.59 Å². The normalized spacial score (nSPS) is 21.4. The van der Waals surface area contributed by atoms with Crippen LogP contribution in [0.3, 0.4) is 0 Å². The van der Waals surface area contributed by atoms with E-state index >= 15 is 0 Å². The SMILES string of the molecule is CC1=NN(c2ccccc2)C(=O)C1C1=NN(C(=O)CCl)C(c2ccc(Cl)cc2)C1. The molecule has 2 atom stereocenters. The average molecular weight is 429 g/mol. The first-order valence-electron chi connectivity index (χ1n) is 9.14. The molecule has 2 heterocycles. The minimum Gasteiger partial charge on any atom is -0.272 e. The summed E-state index contributed by atoms with van der Waals surface area (Å²) in [6.45, 7) is 1.80. The molecule has 0 aliphatic carbocycles. The van der Waals surface area contributed by atoms with Crippen LogP contribution in [-0.4, -0.2) is 34.1 Å². The Bertz CT molecular complexity index is 1010. The van der Waals surface area contributed by atoms with Crippen molar-refractivity contribution in [2.24, 2.45) is 16.1 Å². The number of amides is 2. The number of hydrogen-bond acceptors (Lipinski definition) is 4. The van der Waals surface area contributed by atoms with Gasteiger partial charge in [-0.1, -0.05) is 41.9 Å². The molecule has 0 spiro atoms. The highest BCUT2D eigenvalue weighted by Crippen LogP contribution is 2.36. The summed E-state index contributed by atoms with van der Waals surface area (Å²) in [5, 5.41) is 12.3. The molecule has 29 heavy (non-hydrogen) atoms. The van der Waals surface area contributed by atoms with E-state index in [2.05, 4.69) is 10.2 Å². The Balaban J connectivity index is 1.64. The van der Waals surface area contributed by atoms with Crippen molar-refractivity contribution >= 4 is 52.1 Å². The Kier molecular flexibility index (Phi) is 5.39. The maximum absolute atomic E-state index is 13.1. The number of nitrogens with zero attached hydrogens (tertiary/aromatic N) is 4. The van der Waals surface area contributed by atoms with Crippen LogP contribution in [0.25, 0.3) is 0 Å². The standard InChI is InChI=1S/C21H18Cl2N4O2/c1-13-20(21(29)26(24-13)16-5-3-2-4-6-16)17-11-18(27(25-17)19(28)12-22)14-7-9-15(23)10-8-14/h2-10,18,20H,11-12H2,1H3. The lowest BCUT2D eigenvalue weighted by Gasteiger charge is -2.21. The first-order chi connectivity index (χ1) is 14.0. The van der Waals surface area contributed by atoms with Crippen LogP contribution in [-0.2, 0) is 9.59 Å². The number of carbonyl (C=O) groups is 2. The Morgan fingerprint density at radius 2 is 1.79 bits per heavy atom. The van der Waals surface area contributed by atoms with Crippen molar-refractivity contribution in [3.8, 4) is 0 Å². The minimum atomic E-state index is -0.599. The molecule has 2 aliphatic heterocycles. The summed E-state index contributed by atoms with van der Waals surface area (Å²) in [4.78, 5) is 25.5. The number of para-hydroxylation sites is 1. The van der Waals surface area contributed by atoms with Crippen molar-refractivity contribution in [1.29, 1.82) is 0 Å². The predicted octanol–water partition coefficient (Wildman–Crippen LogP) is 4.25. The van der Waals surface area contributed by atoms with E-state index in [1.54, 1.807) is 19.1 Å². The zero-order valence-corrected chi connectivity index (χ0v) is 17.1. The van der Waals surface area contributed by atoms with E-state index in [0.29, 0.717) is 28.6 Å². The molecule has 8 heteroatoms. The number of anilines is 1. The van der Waals surface area contributed by atoms with Crippen LogP contribution in [0.15, 0.2) is 64.8 Å². The minimum absolute atomic E-state index is 0.178. The van der Waals surface area contributed by atoms with Gasteiger partial charge in [-0.05, 0) is 36.8 Å². The Morgan fingerprint density at radius 1 is 1.10 bits per heavy atom. The molecule has 2 aromatic rings. The van der Waals surface area contributed by atoms with Crippen molar-refractivity contribution in [1.82, 2.24) is 5.01 Å². The molecule has 0 N–H and O–H groups in total. The fraction of sp³-hybridized carbons (Fsp3) is 0.238. The number of halogens is 2. The predicted molar refractivity (Wildman–Crippen MR) is 114 cm³/mol. The van der Waals surface area contributed by atoms with Gasteiger partial charge < -0.3 is 0 Å². The Hall–Kier alpha value is -2.70. The van der Waals surface area contributed by atoms with Gasteiger partial charge in [-0.25, -0.2) is 5.01 Å². The first kappa shape index (κ1) is 19.6. The largest absolute Gasteiger partial charge is 0.272 e. The van der Waals surface area contributed by atoms with Gasteiger partial charge in [0.1, 0.15) is 11.8 Å². The molecule has 0 fully saturated rings. The van der Waals surface area contributed by atoms with Gasteiger partial charge in [0.25, 0.3) is 11.8 Å². The third-order valence-electron chi connectivity index (χ3n) is 5.02. The second-order valence-corrected chi connectivity index (χ2v) is 7.60. The van der Waals surface area contributed by atoms with Crippen LogP contribution in [0.2, 0.25) is 5.02 Å². The summed E-state index contributed by atoms with van der Waals surface area (Å²) < 4.78 is 0. The van der Waals surface area contributed by atoms with Crippen molar-refractivity contribution in [2.45, 2.75) is 19.4 Å². The number of benzene rings is 2. The van der Waals surface area contributed by atoms with Gasteiger partial charge >= 0.3 is 0 Å². The van der Waals surface area contributed by atoms with Crippen molar-refractivity contribution < 1.29 is 9.59 Å². The lowest BCUT2D eigenvalue weighted by atomic mass is 9.92. The highest BCUT2D eigenvalue weighted by atomic mass is 35.5. The van der Waals surface area contributed by atoms with Gasteiger partial charge in [-0.15, -0.1) is 11.6 Å². The third-order valence-corrected chi connectivity index (χ3v) is 5.50. The molecule has 2 aromatic carbocycles. The number of alkyl halides is 1. The Morgan fingerprint density at radius 3 is 2.45 bits per heavy atom. The molecule has 0 radical (unpaired) electrons. The molecule has 2 amide bonds. The highest BCUT2D eigenvalue weighted by molar-refractivity contribution is 6.31. The summed E-state index contributed by atoms with van der Waals surface area (Å²) in [6.07, 6.45) is 0.427. The van der Waals surface area contributed by atoms with Crippen LogP contribution in [0.4, 0.5) is 5.69 Å². The van der Waals surface area contributed by atoms with E-state index in [-0.39, 0.29) is 23.7 Å². The summed E-state index contributed by atoms with van der Waals surface area (Å²) in [7, 11) is 0. The van der Waals surface area contributed by atoms with Gasteiger partial charge in [0.15, 0.2) is 0 Å². The number of hydrazone groups is 2. The molecular weight excluding hydrogens is 411 g/mol. The molecule has 0 aromatic heterocycles. The van der Waals surface area contributed by atoms with E-state index in [1.807, 2.05) is 42.5 Å². The van der Waals surface area contributed by atoms with Gasteiger partial charge in [0, 0.05) is 11.4 Å². The monoisotopic (exact) mass is 428 g/mol. The zero-order chi connectivity index (χ0) is 20.5. The molecule has 2 aliphatic rings. The summed E-state index contributed by atoms with van der Waals surface area (Å²) in [5.41, 5.74) is 2.83. The van der Waals surface area contributed by atoms with Crippen LogP contribution in [0, 0.1) is 5.92 Å². The summed E-state index contributed by atoms with van der Waals surface area (Å²) >= 11 is 11.8.